The SMILES string of the molecule is c1ccc(-c2ccc3c(c2)c2cc(-c4ccc(-c5ccc6ccccc6c5)cc4)ccc2c2nc4ccccc4n32)cc1. The molecular weight excluding hydrogens is 520 g/mol. The van der Waals surface area contributed by atoms with Gasteiger partial charge in [-0.05, 0) is 92.0 Å². The van der Waals surface area contributed by atoms with Gasteiger partial charge in [0.1, 0.15) is 5.65 Å². The maximum Gasteiger partial charge on any atom is 0.146 e. The van der Waals surface area contributed by atoms with E-state index in [1.807, 2.05) is 0 Å². The molecule has 0 bridgehead atoms. The van der Waals surface area contributed by atoms with Crippen LogP contribution in [0.1, 0.15) is 0 Å². The number of para-hydroxylation sites is 2. The molecule has 0 fully saturated rings. The molecule has 43 heavy (non-hydrogen) atoms. The van der Waals surface area contributed by atoms with Crippen molar-refractivity contribution in [1.29, 1.82) is 0 Å². The van der Waals surface area contributed by atoms with Crippen LogP contribution in [0.15, 0.2) is 158 Å². The van der Waals surface area contributed by atoms with Crippen molar-refractivity contribution >= 4 is 49.1 Å². The minimum atomic E-state index is 0.995. The first-order valence-corrected chi connectivity index (χ1v) is 14.7. The second-order valence-electron chi connectivity index (χ2n) is 11.3. The van der Waals surface area contributed by atoms with Crippen molar-refractivity contribution in [2.75, 3.05) is 0 Å². The number of imidazole rings is 1. The molecule has 2 nitrogen and oxygen atoms in total. The number of pyridine rings is 1. The zero-order valence-corrected chi connectivity index (χ0v) is 23.4. The number of hydrogen-bond acceptors (Lipinski definition) is 1. The minimum absolute atomic E-state index is 0.995. The van der Waals surface area contributed by atoms with Gasteiger partial charge in [0.2, 0.25) is 0 Å². The first-order valence-electron chi connectivity index (χ1n) is 14.7. The van der Waals surface area contributed by atoms with Gasteiger partial charge in [-0.2, -0.15) is 0 Å². The zero-order valence-electron chi connectivity index (χ0n) is 23.4. The molecule has 0 aliphatic carbocycles. The lowest BCUT2D eigenvalue weighted by Crippen LogP contribution is -1.93. The quantitative estimate of drug-likeness (QED) is 0.201. The van der Waals surface area contributed by atoms with Crippen molar-refractivity contribution < 1.29 is 0 Å². The second-order valence-corrected chi connectivity index (χ2v) is 11.3. The lowest BCUT2D eigenvalue weighted by molar-refractivity contribution is 1.31. The first kappa shape index (κ1) is 23.9. The minimum Gasteiger partial charge on any atom is -0.292 e. The fraction of sp³-hybridized carbons (Fsp3) is 0. The van der Waals surface area contributed by atoms with Gasteiger partial charge in [0.15, 0.2) is 0 Å². The van der Waals surface area contributed by atoms with E-state index in [1.54, 1.807) is 0 Å². The number of benzene rings is 7. The van der Waals surface area contributed by atoms with E-state index >= 15 is 0 Å². The molecule has 2 heteroatoms. The summed E-state index contributed by atoms with van der Waals surface area (Å²) in [5.41, 5.74) is 11.6. The molecule has 0 unspecified atom stereocenters. The average molecular weight is 547 g/mol. The molecule has 0 aliphatic rings. The van der Waals surface area contributed by atoms with Crippen molar-refractivity contribution in [3.8, 4) is 33.4 Å². The Hall–Kier alpha value is -5.73. The molecule has 0 saturated heterocycles. The fourth-order valence-electron chi connectivity index (χ4n) is 6.57. The highest BCUT2D eigenvalue weighted by molar-refractivity contribution is 6.15. The van der Waals surface area contributed by atoms with E-state index in [0.717, 1.165) is 22.1 Å². The summed E-state index contributed by atoms with van der Waals surface area (Å²) in [5, 5.41) is 6.12. The molecule has 2 aromatic heterocycles. The van der Waals surface area contributed by atoms with E-state index in [4.69, 9.17) is 4.98 Å². The highest BCUT2D eigenvalue weighted by atomic mass is 15.0. The monoisotopic (exact) mass is 546 g/mol. The summed E-state index contributed by atoms with van der Waals surface area (Å²) in [7, 11) is 0. The first-order chi connectivity index (χ1) is 21.3. The Morgan fingerprint density at radius 3 is 1.74 bits per heavy atom. The summed E-state index contributed by atoms with van der Waals surface area (Å²) in [5.74, 6) is 0. The van der Waals surface area contributed by atoms with E-state index in [1.165, 1.54) is 60.4 Å². The Bertz CT molecular complexity index is 2490. The smallest absolute Gasteiger partial charge is 0.146 e. The molecule has 9 rings (SSSR count). The van der Waals surface area contributed by atoms with Gasteiger partial charge in [-0.1, -0.05) is 115 Å². The van der Waals surface area contributed by atoms with Gasteiger partial charge < -0.3 is 0 Å². The van der Waals surface area contributed by atoms with Gasteiger partial charge in [-0.3, -0.25) is 4.40 Å². The standard InChI is InChI=1S/C41H26N2/c1-2-8-27(9-3-1)34-21-23-39-37(26-34)36-25-33(20-22-35(36)41-42-38-12-6-7-13-40(38)43(39)41)30-16-14-29(15-17-30)32-19-18-28-10-4-5-11-31(28)24-32/h1-26H. The lowest BCUT2D eigenvalue weighted by Gasteiger charge is -2.13. The Labute approximate surface area is 249 Å². The third kappa shape index (κ3) is 3.84. The third-order valence-electron chi connectivity index (χ3n) is 8.76. The summed E-state index contributed by atoms with van der Waals surface area (Å²) in [6.07, 6.45) is 0. The fourth-order valence-corrected chi connectivity index (χ4v) is 6.57. The highest BCUT2D eigenvalue weighted by Crippen LogP contribution is 2.37. The molecular formula is C41H26N2. The zero-order chi connectivity index (χ0) is 28.3. The van der Waals surface area contributed by atoms with E-state index in [9.17, 15) is 0 Å². The predicted octanol–water partition coefficient (Wildman–Crippen LogP) is 10.9. The van der Waals surface area contributed by atoms with Crippen LogP contribution in [-0.2, 0) is 0 Å². The van der Waals surface area contributed by atoms with Gasteiger partial charge in [0.05, 0.1) is 16.6 Å². The van der Waals surface area contributed by atoms with Crippen LogP contribution < -0.4 is 0 Å². The summed E-state index contributed by atoms with van der Waals surface area (Å²) >= 11 is 0. The summed E-state index contributed by atoms with van der Waals surface area (Å²) in [6, 6.07) is 56.9. The summed E-state index contributed by atoms with van der Waals surface area (Å²) in [4.78, 5) is 5.11. The topological polar surface area (TPSA) is 17.3 Å². The Morgan fingerprint density at radius 1 is 0.349 bits per heavy atom. The van der Waals surface area contributed by atoms with Gasteiger partial charge >= 0.3 is 0 Å². The second kappa shape index (κ2) is 9.40. The van der Waals surface area contributed by atoms with Crippen LogP contribution in [0.3, 0.4) is 0 Å². The number of nitrogens with zero attached hydrogens (tertiary/aromatic N) is 2. The number of fused-ring (bicyclic) bond motifs is 9. The molecule has 0 spiro atoms. The maximum atomic E-state index is 5.11. The van der Waals surface area contributed by atoms with E-state index in [2.05, 4.69) is 162 Å². The molecule has 7 aromatic carbocycles. The van der Waals surface area contributed by atoms with Crippen LogP contribution >= 0.6 is 0 Å². The van der Waals surface area contributed by atoms with Crippen LogP contribution in [-0.4, -0.2) is 9.38 Å². The molecule has 200 valence electrons. The van der Waals surface area contributed by atoms with Gasteiger partial charge in [-0.25, -0.2) is 4.98 Å². The Morgan fingerprint density at radius 2 is 0.930 bits per heavy atom. The Balaban J connectivity index is 1.24. The molecule has 2 heterocycles. The van der Waals surface area contributed by atoms with Gasteiger partial charge in [0, 0.05) is 10.8 Å². The summed E-state index contributed by atoms with van der Waals surface area (Å²) in [6.45, 7) is 0. The van der Waals surface area contributed by atoms with Crippen molar-refractivity contribution in [2.45, 2.75) is 0 Å². The van der Waals surface area contributed by atoms with Crippen molar-refractivity contribution in [3.63, 3.8) is 0 Å². The van der Waals surface area contributed by atoms with Crippen molar-refractivity contribution in [2.24, 2.45) is 0 Å². The molecule has 0 atom stereocenters. The maximum absolute atomic E-state index is 5.11. The number of aromatic nitrogens is 2. The normalized spacial score (nSPS) is 11.7. The van der Waals surface area contributed by atoms with Crippen LogP contribution in [0.25, 0.3) is 82.5 Å². The number of hydrogen-bond donors (Lipinski definition) is 0. The molecule has 0 radical (unpaired) electrons. The molecule has 0 amide bonds. The Kier molecular flexibility index (Phi) is 5.23. The van der Waals surface area contributed by atoms with Gasteiger partial charge in [-0.15, -0.1) is 0 Å². The highest BCUT2D eigenvalue weighted by Gasteiger charge is 2.15. The largest absolute Gasteiger partial charge is 0.292 e. The van der Waals surface area contributed by atoms with E-state index in [-0.39, 0.29) is 0 Å². The van der Waals surface area contributed by atoms with Crippen molar-refractivity contribution in [1.82, 2.24) is 9.38 Å². The van der Waals surface area contributed by atoms with Crippen molar-refractivity contribution in [3.05, 3.63) is 158 Å². The average Bonchev–Trinajstić information content (AvgIpc) is 3.48. The molecule has 9 aromatic rings. The van der Waals surface area contributed by atoms with Crippen LogP contribution in [0.5, 0.6) is 0 Å². The summed E-state index contributed by atoms with van der Waals surface area (Å²) < 4.78 is 2.32. The predicted molar refractivity (Wildman–Crippen MR) is 182 cm³/mol. The molecule has 0 saturated carbocycles. The molecule has 0 aliphatic heterocycles. The van der Waals surface area contributed by atoms with E-state index < -0.39 is 0 Å². The van der Waals surface area contributed by atoms with E-state index in [0.29, 0.717) is 0 Å². The van der Waals surface area contributed by atoms with Gasteiger partial charge in [0.25, 0.3) is 0 Å². The third-order valence-corrected chi connectivity index (χ3v) is 8.76. The molecule has 0 N–H and O–H groups in total. The number of rotatable bonds is 3. The van der Waals surface area contributed by atoms with Crippen LogP contribution in [0.2, 0.25) is 0 Å². The lowest BCUT2D eigenvalue weighted by atomic mass is 9.95. The van der Waals surface area contributed by atoms with Crippen LogP contribution in [0, 0.1) is 0 Å². The van der Waals surface area contributed by atoms with Crippen LogP contribution in [0.4, 0.5) is 0 Å².